The molecule has 3 N–H and O–H groups in total. The smallest absolute Gasteiger partial charge is 0.462 e. The van der Waals surface area contributed by atoms with E-state index in [0.717, 1.165) is 64.2 Å². The maximum absolute atomic E-state index is 12.5. The zero-order chi connectivity index (χ0) is 37.7. The van der Waals surface area contributed by atoms with E-state index in [1.54, 1.807) is 0 Å². The van der Waals surface area contributed by atoms with Crippen molar-refractivity contribution in [1.29, 1.82) is 0 Å². The van der Waals surface area contributed by atoms with Crippen LogP contribution in [0.2, 0.25) is 0 Å². The molecule has 0 heterocycles. The number of phosphoric ester groups is 1. The molecule has 0 aliphatic heterocycles. The van der Waals surface area contributed by atoms with E-state index in [4.69, 9.17) is 19.1 Å². The molecule has 0 rings (SSSR count). The highest BCUT2D eigenvalue weighted by molar-refractivity contribution is 7.47. The first-order valence-electron chi connectivity index (χ1n) is 19.9. The summed E-state index contributed by atoms with van der Waals surface area (Å²) in [4.78, 5) is 34.8. The predicted octanol–water partition coefficient (Wildman–Crippen LogP) is 10.00. The first-order chi connectivity index (χ1) is 24.7. The first-order valence-corrected chi connectivity index (χ1v) is 21.4. The average Bonchev–Trinajstić information content (AvgIpc) is 3.12. The number of esters is 2. The lowest BCUT2D eigenvalue weighted by atomic mass is 10.1. The van der Waals surface area contributed by atoms with Crippen LogP contribution in [-0.4, -0.2) is 65.7 Å². The number of unbranched alkanes of at least 4 members (excludes halogenated alkanes) is 17. The molecule has 0 bridgehead atoms. The van der Waals surface area contributed by atoms with Crippen LogP contribution in [0.1, 0.15) is 168 Å². The van der Waals surface area contributed by atoms with E-state index in [1.165, 1.54) is 64.2 Å². The van der Waals surface area contributed by atoms with Crippen molar-refractivity contribution in [3.8, 4) is 0 Å². The lowest BCUT2D eigenvalue weighted by Crippen LogP contribution is -2.29. The van der Waals surface area contributed by atoms with Crippen LogP contribution in [-0.2, 0) is 32.7 Å². The fourth-order valence-electron chi connectivity index (χ4n) is 5.13. The number of carbonyl (C=O) groups excluding carboxylic acids is 2. The summed E-state index contributed by atoms with van der Waals surface area (Å²) in [5, 5.41) is 18.3. The number of allylic oxidation sites excluding steroid dienone is 6. The van der Waals surface area contributed by atoms with Crippen LogP contribution >= 0.6 is 7.82 Å². The normalized spacial score (nSPS) is 14.4. The molecule has 10 nitrogen and oxygen atoms in total. The van der Waals surface area contributed by atoms with Gasteiger partial charge in [-0.2, -0.15) is 0 Å². The van der Waals surface area contributed by atoms with Gasteiger partial charge in [0.1, 0.15) is 12.7 Å². The van der Waals surface area contributed by atoms with Gasteiger partial charge in [-0.1, -0.05) is 121 Å². The van der Waals surface area contributed by atoms with Gasteiger partial charge in [-0.25, -0.2) is 4.57 Å². The van der Waals surface area contributed by atoms with Gasteiger partial charge in [0.15, 0.2) is 6.10 Å². The molecule has 3 atom stereocenters. The molecule has 0 aromatic carbocycles. The third kappa shape index (κ3) is 36.3. The van der Waals surface area contributed by atoms with Crippen molar-refractivity contribution >= 4 is 19.8 Å². The molecule has 0 aliphatic carbocycles. The minimum absolute atomic E-state index is 0.167. The maximum Gasteiger partial charge on any atom is 0.472 e. The molecule has 1 unspecified atom stereocenters. The van der Waals surface area contributed by atoms with Crippen molar-refractivity contribution in [2.75, 3.05) is 26.4 Å². The third-order valence-corrected chi connectivity index (χ3v) is 9.22. The van der Waals surface area contributed by atoms with Crippen LogP contribution in [0.15, 0.2) is 36.5 Å². The van der Waals surface area contributed by atoms with Crippen LogP contribution in [0.5, 0.6) is 0 Å². The Morgan fingerprint density at radius 2 is 1.02 bits per heavy atom. The zero-order valence-electron chi connectivity index (χ0n) is 32.1. The van der Waals surface area contributed by atoms with Crippen LogP contribution in [0.4, 0.5) is 0 Å². The zero-order valence-corrected chi connectivity index (χ0v) is 33.0. The van der Waals surface area contributed by atoms with Crippen molar-refractivity contribution < 1.29 is 47.8 Å². The fraction of sp³-hybridized carbons (Fsp3) is 0.800. The summed E-state index contributed by atoms with van der Waals surface area (Å²) in [6, 6.07) is 0. The quantitative estimate of drug-likeness (QED) is 0.0243. The molecule has 51 heavy (non-hydrogen) atoms. The molecule has 298 valence electrons. The fourth-order valence-corrected chi connectivity index (χ4v) is 5.92. The minimum Gasteiger partial charge on any atom is -0.462 e. The van der Waals surface area contributed by atoms with Gasteiger partial charge in [-0.05, 0) is 70.6 Å². The molecular weight excluding hydrogens is 671 g/mol. The van der Waals surface area contributed by atoms with Gasteiger partial charge in [0, 0.05) is 12.8 Å². The Balaban J connectivity index is 4.41. The van der Waals surface area contributed by atoms with Gasteiger partial charge in [0.05, 0.1) is 19.8 Å². The van der Waals surface area contributed by atoms with Crippen LogP contribution < -0.4 is 0 Å². The molecule has 0 fully saturated rings. The molecule has 0 saturated heterocycles. The summed E-state index contributed by atoms with van der Waals surface area (Å²) in [6.45, 7) is 2.30. The lowest BCUT2D eigenvalue weighted by Gasteiger charge is -2.20. The number of carbonyl (C=O) groups is 2. The highest BCUT2D eigenvalue weighted by Crippen LogP contribution is 2.43. The largest absolute Gasteiger partial charge is 0.472 e. The van der Waals surface area contributed by atoms with Crippen LogP contribution in [0, 0.1) is 0 Å². The van der Waals surface area contributed by atoms with Crippen molar-refractivity contribution in [3.05, 3.63) is 36.5 Å². The van der Waals surface area contributed by atoms with Gasteiger partial charge in [0.2, 0.25) is 0 Å². The summed E-state index contributed by atoms with van der Waals surface area (Å²) < 4.78 is 32.6. The van der Waals surface area contributed by atoms with E-state index in [1.807, 2.05) is 0 Å². The van der Waals surface area contributed by atoms with Crippen LogP contribution in [0.3, 0.4) is 0 Å². The predicted molar refractivity (Wildman–Crippen MR) is 205 cm³/mol. The number of hydrogen-bond donors (Lipinski definition) is 3. The Morgan fingerprint density at radius 1 is 0.588 bits per heavy atom. The number of aliphatic hydroxyl groups is 2. The highest BCUT2D eigenvalue weighted by atomic mass is 31.2. The second kappa shape index (κ2) is 36.5. The minimum atomic E-state index is -4.62. The molecule has 0 amide bonds. The highest BCUT2D eigenvalue weighted by Gasteiger charge is 2.27. The molecule has 0 spiro atoms. The molecular formula is C40H73O10P. The standard InChI is InChI=1S/C40H73O10P/c1-3-5-7-9-11-13-15-17-18-20-21-23-25-27-29-31-39(43)47-35-38(36-49-51(45,46)48-34-37(42)33-41)50-40(44)32-30-28-26-24-22-19-16-14-12-10-8-6-4-2/h14,16-18,21,23,37-38,41-42H,3-13,15,19-20,22,24-36H2,1-2H3,(H,45,46)/b16-14+,18-17+,23-21+/t37-,38+/m0/s1. The Labute approximate surface area is 310 Å². The SMILES string of the molecule is CCCCCC/C=C/CCCCCCCC(=O)O[C@H](COC(=O)CCCC/C=C/C/C=C/CCCCCCCC)COP(=O)(O)OC[C@@H](O)CO. The van der Waals surface area contributed by atoms with E-state index in [0.29, 0.717) is 12.8 Å². The molecule has 0 saturated carbocycles. The maximum atomic E-state index is 12.5. The topological polar surface area (TPSA) is 149 Å². The Bertz CT molecular complexity index is 952. The van der Waals surface area contributed by atoms with E-state index in [9.17, 15) is 24.2 Å². The third-order valence-electron chi connectivity index (χ3n) is 8.27. The second-order valence-corrected chi connectivity index (χ2v) is 14.8. The van der Waals surface area contributed by atoms with Crippen molar-refractivity contribution in [1.82, 2.24) is 0 Å². The van der Waals surface area contributed by atoms with E-state index >= 15 is 0 Å². The molecule has 0 aromatic rings. The number of hydrogen-bond acceptors (Lipinski definition) is 9. The average molecular weight is 745 g/mol. The summed E-state index contributed by atoms with van der Waals surface area (Å²) in [5.41, 5.74) is 0. The summed E-state index contributed by atoms with van der Waals surface area (Å²) in [7, 11) is -4.62. The number of phosphoric acid groups is 1. The number of rotatable bonds is 37. The van der Waals surface area contributed by atoms with Crippen molar-refractivity contribution in [3.63, 3.8) is 0 Å². The first kappa shape index (κ1) is 49.2. The van der Waals surface area contributed by atoms with E-state index < -0.39 is 51.8 Å². The summed E-state index contributed by atoms with van der Waals surface area (Å²) in [6.07, 6.45) is 35.4. The van der Waals surface area contributed by atoms with Crippen molar-refractivity contribution in [2.24, 2.45) is 0 Å². The van der Waals surface area contributed by atoms with Gasteiger partial charge in [0.25, 0.3) is 0 Å². The van der Waals surface area contributed by atoms with Gasteiger partial charge in [-0.15, -0.1) is 0 Å². The van der Waals surface area contributed by atoms with Gasteiger partial charge < -0.3 is 24.6 Å². The number of ether oxygens (including phenoxy) is 2. The second-order valence-electron chi connectivity index (χ2n) is 13.3. The molecule has 0 aromatic heterocycles. The summed E-state index contributed by atoms with van der Waals surface area (Å²) in [5.74, 6) is -0.974. The Hall–Kier alpha value is -1.81. The number of aliphatic hydroxyl groups excluding tert-OH is 2. The van der Waals surface area contributed by atoms with Crippen molar-refractivity contribution in [2.45, 2.75) is 180 Å². The molecule has 11 heteroatoms. The lowest BCUT2D eigenvalue weighted by molar-refractivity contribution is -0.161. The summed E-state index contributed by atoms with van der Waals surface area (Å²) >= 11 is 0. The van der Waals surface area contributed by atoms with Crippen LogP contribution in [0.25, 0.3) is 0 Å². The van der Waals surface area contributed by atoms with E-state index in [2.05, 4.69) is 54.8 Å². The monoisotopic (exact) mass is 744 g/mol. The Kier molecular flexibility index (Phi) is 35.2. The van der Waals surface area contributed by atoms with Gasteiger partial charge in [-0.3, -0.25) is 18.6 Å². The molecule has 0 radical (unpaired) electrons. The van der Waals surface area contributed by atoms with Gasteiger partial charge >= 0.3 is 19.8 Å². The van der Waals surface area contributed by atoms with E-state index in [-0.39, 0.29) is 19.4 Å². The molecule has 0 aliphatic rings. The Morgan fingerprint density at radius 3 is 1.59 bits per heavy atom.